The summed E-state index contributed by atoms with van der Waals surface area (Å²) in [5, 5.41) is -0.0944. The molecule has 0 aliphatic rings. The topological polar surface area (TPSA) is 0 Å². The van der Waals surface area contributed by atoms with E-state index in [0.717, 1.165) is 13.1 Å². The first-order chi connectivity index (χ1) is 7.99. The van der Waals surface area contributed by atoms with E-state index in [9.17, 15) is 4.39 Å². The standard InChI is InChI=1S/C11H5Br2Cl2FS/c12-9-4-7(11(13)17-9)10(15)6-3-5(14)1-2-8(6)16/h1-4,10H. The first kappa shape index (κ1) is 13.8. The van der Waals surface area contributed by atoms with Crippen molar-refractivity contribution in [2.75, 3.05) is 0 Å². The number of halogens is 5. The number of thiophene rings is 1. The zero-order valence-electron chi connectivity index (χ0n) is 8.18. The van der Waals surface area contributed by atoms with Crippen molar-refractivity contribution in [2.24, 2.45) is 0 Å². The van der Waals surface area contributed by atoms with Gasteiger partial charge in [0.2, 0.25) is 0 Å². The molecule has 0 saturated heterocycles. The molecule has 0 N–H and O–H groups in total. The Morgan fingerprint density at radius 1 is 1.18 bits per heavy atom. The van der Waals surface area contributed by atoms with Crippen molar-refractivity contribution < 1.29 is 4.39 Å². The van der Waals surface area contributed by atoms with Crippen molar-refractivity contribution in [2.45, 2.75) is 5.38 Å². The van der Waals surface area contributed by atoms with Crippen LogP contribution in [0.3, 0.4) is 0 Å². The highest BCUT2D eigenvalue weighted by Gasteiger charge is 2.20. The number of benzene rings is 1. The maximum Gasteiger partial charge on any atom is 0.128 e. The highest BCUT2D eigenvalue weighted by atomic mass is 79.9. The minimum absolute atomic E-state index is 0.358. The molecular formula is C11H5Br2Cl2FS. The maximum absolute atomic E-state index is 13.7. The second kappa shape index (κ2) is 5.57. The Kier molecular flexibility index (Phi) is 4.53. The molecule has 0 nitrogen and oxygen atoms in total. The van der Waals surface area contributed by atoms with Gasteiger partial charge in [-0.3, -0.25) is 0 Å². The lowest BCUT2D eigenvalue weighted by atomic mass is 10.1. The van der Waals surface area contributed by atoms with Crippen molar-refractivity contribution in [3.63, 3.8) is 0 Å². The quantitative estimate of drug-likeness (QED) is 0.495. The van der Waals surface area contributed by atoms with Crippen LogP contribution < -0.4 is 0 Å². The second-order valence-electron chi connectivity index (χ2n) is 3.31. The molecule has 0 aliphatic carbocycles. The fraction of sp³-hybridized carbons (Fsp3) is 0.0909. The van der Waals surface area contributed by atoms with E-state index in [1.165, 1.54) is 23.5 Å². The Morgan fingerprint density at radius 3 is 2.47 bits per heavy atom. The molecule has 1 atom stereocenters. The fourth-order valence-electron chi connectivity index (χ4n) is 1.40. The van der Waals surface area contributed by atoms with E-state index in [4.69, 9.17) is 23.2 Å². The molecule has 6 heteroatoms. The first-order valence-electron chi connectivity index (χ1n) is 4.53. The zero-order valence-corrected chi connectivity index (χ0v) is 13.7. The van der Waals surface area contributed by atoms with E-state index in [1.54, 1.807) is 6.07 Å². The molecule has 0 fully saturated rings. The van der Waals surface area contributed by atoms with Crippen LogP contribution in [-0.4, -0.2) is 0 Å². The van der Waals surface area contributed by atoms with Crippen LogP contribution in [0, 0.1) is 5.82 Å². The molecule has 0 saturated carbocycles. The molecule has 17 heavy (non-hydrogen) atoms. The SMILES string of the molecule is Fc1ccc(Cl)cc1C(Cl)c1cc(Br)sc1Br. The van der Waals surface area contributed by atoms with Gasteiger partial charge in [-0.2, -0.15) is 0 Å². The average Bonchev–Trinajstić information content (AvgIpc) is 2.60. The van der Waals surface area contributed by atoms with Crippen LogP contribution in [0.5, 0.6) is 0 Å². The summed E-state index contributed by atoms with van der Waals surface area (Å²) < 4.78 is 15.5. The summed E-state index contributed by atoms with van der Waals surface area (Å²) in [5.41, 5.74) is 1.20. The molecule has 0 radical (unpaired) electrons. The third kappa shape index (κ3) is 3.04. The van der Waals surface area contributed by atoms with Crippen LogP contribution >= 0.6 is 66.4 Å². The maximum atomic E-state index is 13.7. The molecule has 2 rings (SSSR count). The second-order valence-corrected chi connectivity index (χ2v) is 7.93. The van der Waals surface area contributed by atoms with E-state index in [1.807, 2.05) is 6.07 Å². The van der Waals surface area contributed by atoms with E-state index in [0.29, 0.717) is 10.6 Å². The van der Waals surface area contributed by atoms with Crippen molar-refractivity contribution in [3.05, 3.63) is 53.8 Å². The molecule has 0 spiro atoms. The highest BCUT2D eigenvalue weighted by Crippen LogP contribution is 2.41. The van der Waals surface area contributed by atoms with Gasteiger partial charge in [-0.05, 0) is 56.1 Å². The van der Waals surface area contributed by atoms with Crippen LogP contribution in [0.4, 0.5) is 4.39 Å². The lowest BCUT2D eigenvalue weighted by Gasteiger charge is -2.10. The molecule has 90 valence electrons. The van der Waals surface area contributed by atoms with Crippen molar-refractivity contribution in [1.82, 2.24) is 0 Å². The van der Waals surface area contributed by atoms with Gasteiger partial charge in [0.05, 0.1) is 12.9 Å². The first-order valence-corrected chi connectivity index (χ1v) is 7.74. The number of alkyl halides is 1. The van der Waals surface area contributed by atoms with Gasteiger partial charge >= 0.3 is 0 Å². The Balaban J connectivity index is 2.46. The molecule has 1 aromatic heterocycles. The van der Waals surface area contributed by atoms with Gasteiger partial charge in [0.1, 0.15) is 5.82 Å². The van der Waals surface area contributed by atoms with E-state index in [2.05, 4.69) is 31.9 Å². The molecule has 0 amide bonds. The van der Waals surface area contributed by atoms with Crippen LogP contribution in [0.2, 0.25) is 5.02 Å². The lowest BCUT2D eigenvalue weighted by molar-refractivity contribution is 0.612. The minimum atomic E-state index is -0.564. The van der Waals surface area contributed by atoms with Crippen LogP contribution in [-0.2, 0) is 0 Å². The van der Waals surface area contributed by atoms with Crippen molar-refractivity contribution >= 4 is 66.4 Å². The summed E-state index contributed by atoms with van der Waals surface area (Å²) >= 11 is 20.4. The molecule has 2 aromatic rings. The number of hydrogen-bond acceptors (Lipinski definition) is 1. The molecular weight excluding hydrogens is 414 g/mol. The monoisotopic (exact) mass is 416 g/mol. The lowest BCUT2D eigenvalue weighted by Crippen LogP contribution is -1.96. The van der Waals surface area contributed by atoms with Crippen molar-refractivity contribution in [3.8, 4) is 0 Å². The molecule has 1 aromatic carbocycles. The third-order valence-electron chi connectivity index (χ3n) is 2.19. The van der Waals surface area contributed by atoms with E-state index < -0.39 is 5.38 Å². The summed E-state index contributed by atoms with van der Waals surface area (Å²) in [4.78, 5) is 0. The molecule has 0 bridgehead atoms. The van der Waals surface area contributed by atoms with Gasteiger partial charge in [0, 0.05) is 16.1 Å². The van der Waals surface area contributed by atoms with Gasteiger partial charge in [0.15, 0.2) is 0 Å². The van der Waals surface area contributed by atoms with Crippen LogP contribution in [0.15, 0.2) is 31.8 Å². The van der Waals surface area contributed by atoms with E-state index in [-0.39, 0.29) is 5.82 Å². The fourth-order valence-corrected chi connectivity index (χ4v) is 5.02. The summed E-state index contributed by atoms with van der Waals surface area (Å²) in [6.07, 6.45) is 0. The smallest absolute Gasteiger partial charge is 0.128 e. The highest BCUT2D eigenvalue weighted by molar-refractivity contribution is 9.12. The summed E-state index contributed by atoms with van der Waals surface area (Å²) in [6, 6.07) is 6.24. The Morgan fingerprint density at radius 2 is 1.88 bits per heavy atom. The summed E-state index contributed by atoms with van der Waals surface area (Å²) in [6.45, 7) is 0. The summed E-state index contributed by atoms with van der Waals surface area (Å²) in [5.74, 6) is -0.358. The van der Waals surface area contributed by atoms with Gasteiger partial charge in [-0.25, -0.2) is 4.39 Å². The average molecular weight is 419 g/mol. The Labute approximate surface area is 129 Å². The molecule has 1 unspecified atom stereocenters. The van der Waals surface area contributed by atoms with Crippen LogP contribution in [0.1, 0.15) is 16.5 Å². The van der Waals surface area contributed by atoms with Gasteiger partial charge < -0.3 is 0 Å². The summed E-state index contributed by atoms with van der Waals surface area (Å²) in [7, 11) is 0. The Bertz CT molecular complexity index is 556. The molecule has 0 aliphatic heterocycles. The molecule has 1 heterocycles. The van der Waals surface area contributed by atoms with Gasteiger partial charge in [-0.15, -0.1) is 22.9 Å². The predicted octanol–water partition coefficient (Wildman–Crippen LogP) is 6.39. The largest absolute Gasteiger partial charge is 0.207 e. The van der Waals surface area contributed by atoms with Crippen molar-refractivity contribution in [1.29, 1.82) is 0 Å². The predicted molar refractivity (Wildman–Crippen MR) is 78.8 cm³/mol. The zero-order chi connectivity index (χ0) is 12.6. The van der Waals surface area contributed by atoms with Gasteiger partial charge in [-0.1, -0.05) is 11.6 Å². The van der Waals surface area contributed by atoms with Crippen LogP contribution in [0.25, 0.3) is 0 Å². The Hall–Kier alpha value is 0.390. The normalized spacial score (nSPS) is 12.8. The van der Waals surface area contributed by atoms with E-state index >= 15 is 0 Å². The third-order valence-corrected chi connectivity index (χ3v) is 5.28. The van der Waals surface area contributed by atoms with Gasteiger partial charge in [0.25, 0.3) is 0 Å². The number of hydrogen-bond donors (Lipinski definition) is 0. The minimum Gasteiger partial charge on any atom is -0.207 e. The number of rotatable bonds is 2.